The zero-order valence-electron chi connectivity index (χ0n) is 12.2. The van der Waals surface area contributed by atoms with Crippen LogP contribution in [0.5, 0.6) is 0 Å². The molecule has 1 amide bonds. The summed E-state index contributed by atoms with van der Waals surface area (Å²) in [4.78, 5) is 17.4. The second-order valence-electron chi connectivity index (χ2n) is 5.57. The van der Waals surface area contributed by atoms with Crippen LogP contribution in [0.25, 0.3) is 0 Å². The van der Waals surface area contributed by atoms with Crippen LogP contribution in [0.4, 0.5) is 5.82 Å². The fourth-order valence-electron chi connectivity index (χ4n) is 1.74. The van der Waals surface area contributed by atoms with Crippen LogP contribution in [0.2, 0.25) is 0 Å². The van der Waals surface area contributed by atoms with Gasteiger partial charge in [0, 0.05) is 30.4 Å². The molecule has 0 radical (unpaired) electrons. The van der Waals surface area contributed by atoms with E-state index >= 15 is 0 Å². The lowest BCUT2D eigenvalue weighted by Gasteiger charge is -2.25. The molecule has 0 spiro atoms. The van der Waals surface area contributed by atoms with Gasteiger partial charge in [-0.2, -0.15) is 0 Å². The average molecular weight is 264 g/mol. The first-order valence-electron chi connectivity index (χ1n) is 6.55. The molecular formula is C14H24N4O. The van der Waals surface area contributed by atoms with Crippen molar-refractivity contribution in [3.63, 3.8) is 0 Å². The van der Waals surface area contributed by atoms with Crippen molar-refractivity contribution < 1.29 is 4.79 Å². The number of carbonyl (C=O) groups is 1. The lowest BCUT2D eigenvalue weighted by atomic mass is 10.1. The van der Waals surface area contributed by atoms with Gasteiger partial charge in [-0.05, 0) is 33.8 Å². The molecule has 1 heterocycles. The van der Waals surface area contributed by atoms with Gasteiger partial charge in [-0.3, -0.25) is 4.79 Å². The van der Waals surface area contributed by atoms with Crippen molar-refractivity contribution in [1.82, 2.24) is 10.3 Å². The molecule has 0 aliphatic rings. The van der Waals surface area contributed by atoms with Crippen LogP contribution in [-0.2, 0) is 11.3 Å². The van der Waals surface area contributed by atoms with Crippen LogP contribution < -0.4 is 16.0 Å². The first-order chi connectivity index (χ1) is 8.83. The molecule has 106 valence electrons. The number of hydrogen-bond donors (Lipinski definition) is 2. The SMILES string of the molecule is CCN(CC(N)=O)c1ncccc1CNC(C)(C)C. The van der Waals surface area contributed by atoms with E-state index in [0.717, 1.165) is 11.4 Å². The Kier molecular flexibility index (Phi) is 5.30. The van der Waals surface area contributed by atoms with Crippen molar-refractivity contribution >= 4 is 11.7 Å². The number of rotatable bonds is 6. The summed E-state index contributed by atoms with van der Waals surface area (Å²) in [6, 6.07) is 3.92. The number of nitrogens with two attached hydrogens (primary N) is 1. The quantitative estimate of drug-likeness (QED) is 0.812. The molecule has 0 saturated carbocycles. The number of hydrogen-bond acceptors (Lipinski definition) is 4. The highest BCUT2D eigenvalue weighted by Crippen LogP contribution is 2.17. The molecule has 0 unspecified atom stereocenters. The molecule has 0 aliphatic carbocycles. The van der Waals surface area contributed by atoms with E-state index in [0.29, 0.717) is 13.1 Å². The van der Waals surface area contributed by atoms with Crippen molar-refractivity contribution in [2.24, 2.45) is 5.73 Å². The highest BCUT2D eigenvalue weighted by Gasteiger charge is 2.15. The number of likely N-dealkylation sites (N-methyl/N-ethyl adjacent to an activating group) is 1. The normalized spacial score (nSPS) is 11.4. The summed E-state index contributed by atoms with van der Waals surface area (Å²) in [5.41, 5.74) is 6.38. The molecule has 3 N–H and O–H groups in total. The van der Waals surface area contributed by atoms with Crippen LogP contribution in [0, 0.1) is 0 Å². The zero-order valence-corrected chi connectivity index (χ0v) is 12.2. The largest absolute Gasteiger partial charge is 0.368 e. The van der Waals surface area contributed by atoms with Crippen LogP contribution in [0.1, 0.15) is 33.3 Å². The molecule has 5 nitrogen and oxygen atoms in total. The molecule has 0 bridgehead atoms. The minimum absolute atomic E-state index is 0.0356. The number of amides is 1. The van der Waals surface area contributed by atoms with Crippen LogP contribution in [0.3, 0.4) is 0 Å². The van der Waals surface area contributed by atoms with Crippen LogP contribution in [-0.4, -0.2) is 29.5 Å². The van der Waals surface area contributed by atoms with E-state index < -0.39 is 0 Å². The number of nitrogens with one attached hydrogen (secondary N) is 1. The van der Waals surface area contributed by atoms with Crippen molar-refractivity contribution in [3.05, 3.63) is 23.9 Å². The average Bonchev–Trinajstić information content (AvgIpc) is 2.33. The number of aromatic nitrogens is 1. The van der Waals surface area contributed by atoms with E-state index in [2.05, 4.69) is 31.1 Å². The number of pyridine rings is 1. The molecule has 0 fully saturated rings. The Bertz CT molecular complexity index is 426. The van der Waals surface area contributed by atoms with Crippen LogP contribution in [0.15, 0.2) is 18.3 Å². The zero-order chi connectivity index (χ0) is 14.5. The molecule has 0 aromatic carbocycles. The summed E-state index contributed by atoms with van der Waals surface area (Å²) >= 11 is 0. The van der Waals surface area contributed by atoms with E-state index in [1.54, 1.807) is 6.20 Å². The van der Waals surface area contributed by atoms with E-state index in [4.69, 9.17) is 5.73 Å². The maximum atomic E-state index is 11.1. The molecule has 1 rings (SSSR count). The van der Waals surface area contributed by atoms with Crippen molar-refractivity contribution in [2.45, 2.75) is 39.8 Å². The topological polar surface area (TPSA) is 71.2 Å². The second kappa shape index (κ2) is 6.52. The Hall–Kier alpha value is -1.62. The van der Waals surface area contributed by atoms with Crippen molar-refractivity contribution in [3.8, 4) is 0 Å². The minimum Gasteiger partial charge on any atom is -0.368 e. The number of anilines is 1. The fourth-order valence-corrected chi connectivity index (χ4v) is 1.74. The third kappa shape index (κ3) is 5.26. The van der Waals surface area contributed by atoms with E-state index in [1.807, 2.05) is 24.0 Å². The van der Waals surface area contributed by atoms with E-state index in [-0.39, 0.29) is 18.0 Å². The standard InChI is InChI=1S/C14H24N4O/c1-5-18(10-12(15)19)13-11(7-6-8-16-13)9-17-14(2,3)4/h6-8,17H,5,9-10H2,1-4H3,(H2,15,19). The molecule has 5 heteroatoms. The summed E-state index contributed by atoms with van der Waals surface area (Å²) in [5.74, 6) is 0.475. The smallest absolute Gasteiger partial charge is 0.236 e. The number of primary amides is 1. The summed E-state index contributed by atoms with van der Waals surface area (Å²) in [7, 11) is 0. The predicted molar refractivity (Wildman–Crippen MR) is 77.9 cm³/mol. The minimum atomic E-state index is -0.345. The lowest BCUT2D eigenvalue weighted by Crippen LogP contribution is -2.37. The Labute approximate surface area is 115 Å². The summed E-state index contributed by atoms with van der Waals surface area (Å²) < 4.78 is 0. The molecule has 1 aromatic rings. The van der Waals surface area contributed by atoms with Gasteiger partial charge in [-0.15, -0.1) is 0 Å². The maximum absolute atomic E-state index is 11.1. The first-order valence-corrected chi connectivity index (χ1v) is 6.55. The van der Waals surface area contributed by atoms with Gasteiger partial charge in [0.2, 0.25) is 5.91 Å². The fraction of sp³-hybridized carbons (Fsp3) is 0.571. The summed E-state index contributed by atoms with van der Waals surface area (Å²) in [6.45, 7) is 9.93. The van der Waals surface area contributed by atoms with Crippen LogP contribution >= 0.6 is 0 Å². The van der Waals surface area contributed by atoms with Gasteiger partial charge < -0.3 is 16.0 Å². The van der Waals surface area contributed by atoms with Gasteiger partial charge >= 0.3 is 0 Å². The van der Waals surface area contributed by atoms with E-state index in [9.17, 15) is 4.79 Å². The van der Waals surface area contributed by atoms with Gasteiger partial charge in [-0.1, -0.05) is 6.07 Å². The Morgan fingerprint density at radius 1 is 1.47 bits per heavy atom. The second-order valence-corrected chi connectivity index (χ2v) is 5.57. The molecule has 0 aliphatic heterocycles. The third-order valence-electron chi connectivity index (χ3n) is 2.70. The van der Waals surface area contributed by atoms with Gasteiger partial charge in [0.1, 0.15) is 5.82 Å². The molecule has 0 atom stereocenters. The molecule has 1 aromatic heterocycles. The molecule has 0 saturated heterocycles. The number of carbonyl (C=O) groups excluding carboxylic acids is 1. The monoisotopic (exact) mass is 264 g/mol. The Morgan fingerprint density at radius 2 is 2.16 bits per heavy atom. The highest BCUT2D eigenvalue weighted by molar-refractivity contribution is 5.79. The van der Waals surface area contributed by atoms with Gasteiger partial charge in [0.05, 0.1) is 6.54 Å². The third-order valence-corrected chi connectivity index (χ3v) is 2.70. The number of nitrogens with zero attached hydrogens (tertiary/aromatic N) is 2. The van der Waals surface area contributed by atoms with Crippen molar-refractivity contribution in [2.75, 3.05) is 18.0 Å². The molecule has 19 heavy (non-hydrogen) atoms. The lowest BCUT2D eigenvalue weighted by molar-refractivity contribution is -0.116. The summed E-state index contributed by atoms with van der Waals surface area (Å²) in [6.07, 6.45) is 1.74. The van der Waals surface area contributed by atoms with E-state index in [1.165, 1.54) is 0 Å². The van der Waals surface area contributed by atoms with Crippen molar-refractivity contribution in [1.29, 1.82) is 0 Å². The molecular weight excluding hydrogens is 240 g/mol. The van der Waals surface area contributed by atoms with Gasteiger partial charge in [0.15, 0.2) is 0 Å². The maximum Gasteiger partial charge on any atom is 0.236 e. The van der Waals surface area contributed by atoms with Gasteiger partial charge in [-0.25, -0.2) is 4.98 Å². The van der Waals surface area contributed by atoms with Gasteiger partial charge in [0.25, 0.3) is 0 Å². The summed E-state index contributed by atoms with van der Waals surface area (Å²) in [5, 5.41) is 3.43. The Balaban J connectivity index is 2.90. The first kappa shape index (κ1) is 15.4. The Morgan fingerprint density at radius 3 is 2.68 bits per heavy atom. The predicted octanol–water partition coefficient (Wildman–Crippen LogP) is 1.28. The highest BCUT2D eigenvalue weighted by atomic mass is 16.1.